The second kappa shape index (κ2) is 7.86. The summed E-state index contributed by atoms with van der Waals surface area (Å²) in [5, 5.41) is 0.179. The van der Waals surface area contributed by atoms with Crippen molar-refractivity contribution in [2.75, 3.05) is 6.61 Å². The Morgan fingerprint density at radius 2 is 1.95 bits per heavy atom. The first-order valence-corrected chi connectivity index (χ1v) is 11.0. The topological polar surface area (TPSA) is 44.8 Å². The van der Waals surface area contributed by atoms with Crippen molar-refractivity contribution < 1.29 is 18.7 Å². The van der Waals surface area contributed by atoms with Crippen molar-refractivity contribution in [2.24, 2.45) is 0 Å². The highest BCUT2D eigenvalue weighted by Crippen LogP contribution is 2.39. The van der Waals surface area contributed by atoms with Crippen LogP contribution in [0.4, 0.5) is 0 Å². The van der Waals surface area contributed by atoms with Gasteiger partial charge in [0, 0.05) is 6.42 Å². The van der Waals surface area contributed by atoms with Crippen molar-refractivity contribution in [3.8, 4) is 0 Å². The van der Waals surface area contributed by atoms with Crippen LogP contribution in [0.1, 0.15) is 53.4 Å². The molecule has 0 bridgehead atoms. The summed E-state index contributed by atoms with van der Waals surface area (Å²) >= 11 is 0. The van der Waals surface area contributed by atoms with E-state index >= 15 is 0 Å². The van der Waals surface area contributed by atoms with Crippen LogP contribution in [-0.4, -0.2) is 39.7 Å². The van der Waals surface area contributed by atoms with Crippen LogP contribution in [0.15, 0.2) is 0 Å². The molecule has 0 radical (unpaired) electrons. The highest BCUT2D eigenvalue weighted by Gasteiger charge is 2.42. The molecule has 1 saturated heterocycles. The van der Waals surface area contributed by atoms with Gasteiger partial charge in [0.15, 0.2) is 14.6 Å². The molecule has 4 nitrogen and oxygen atoms in total. The van der Waals surface area contributed by atoms with Crippen LogP contribution in [0.5, 0.6) is 0 Å². The molecule has 3 atom stereocenters. The molecule has 0 aromatic carbocycles. The van der Waals surface area contributed by atoms with Gasteiger partial charge in [-0.15, -0.1) is 0 Å². The van der Waals surface area contributed by atoms with Crippen molar-refractivity contribution in [1.29, 1.82) is 0 Å². The van der Waals surface area contributed by atoms with Gasteiger partial charge in [-0.3, -0.25) is 0 Å². The minimum atomic E-state index is -1.83. The molecule has 1 aliphatic heterocycles. The average molecular weight is 317 g/mol. The second-order valence-electron chi connectivity index (χ2n) is 7.49. The van der Waals surface area contributed by atoms with Crippen molar-refractivity contribution in [3.63, 3.8) is 0 Å². The Bertz CT molecular complexity index is 325. The number of hydrogen-bond acceptors (Lipinski definition) is 4. The zero-order valence-electron chi connectivity index (χ0n) is 14.5. The second-order valence-corrected chi connectivity index (χ2v) is 12.2. The third-order valence-corrected chi connectivity index (χ3v) is 9.03. The molecule has 0 spiro atoms. The Morgan fingerprint density at radius 1 is 1.29 bits per heavy atom. The van der Waals surface area contributed by atoms with E-state index in [9.17, 15) is 4.79 Å². The molecule has 0 saturated carbocycles. The number of carbonyl (C=O) groups excluding carboxylic acids is 1. The Kier molecular flexibility index (Phi) is 7.04. The monoisotopic (exact) mass is 316 g/mol. The predicted octanol–water partition coefficient (Wildman–Crippen LogP) is 3.90. The Hall–Kier alpha value is -0.233. The van der Waals surface area contributed by atoms with Gasteiger partial charge in [0.1, 0.15) is 6.29 Å². The lowest BCUT2D eigenvalue weighted by Gasteiger charge is -2.43. The Morgan fingerprint density at radius 3 is 2.52 bits per heavy atom. The van der Waals surface area contributed by atoms with Crippen LogP contribution in [0, 0.1) is 0 Å². The Labute approximate surface area is 130 Å². The van der Waals surface area contributed by atoms with Gasteiger partial charge in [0.2, 0.25) is 0 Å². The Balaban J connectivity index is 2.61. The van der Waals surface area contributed by atoms with E-state index in [-0.39, 0.29) is 23.5 Å². The van der Waals surface area contributed by atoms with E-state index in [1.54, 1.807) is 0 Å². The molecule has 0 aliphatic carbocycles. The zero-order chi connectivity index (χ0) is 16.1. The predicted molar refractivity (Wildman–Crippen MR) is 86.9 cm³/mol. The molecule has 21 heavy (non-hydrogen) atoms. The van der Waals surface area contributed by atoms with Crippen molar-refractivity contribution in [1.82, 2.24) is 0 Å². The molecule has 1 aliphatic rings. The standard InChI is InChI=1S/C16H32O4Si/c1-13-9-10-14(20-21(5,6)16(2,3)4)15(19-13)18-12-8-7-11-17/h11,13-15H,7-10,12H2,1-6H3/t13-,14-,15-/m0/s1. The maximum atomic E-state index is 10.4. The van der Waals surface area contributed by atoms with Gasteiger partial charge >= 0.3 is 0 Å². The summed E-state index contributed by atoms with van der Waals surface area (Å²) in [6.07, 6.45) is 4.12. The van der Waals surface area contributed by atoms with E-state index in [1.165, 1.54) is 0 Å². The summed E-state index contributed by atoms with van der Waals surface area (Å²) in [6.45, 7) is 13.9. The highest BCUT2D eigenvalue weighted by atomic mass is 28.4. The molecule has 124 valence electrons. The number of carbonyl (C=O) groups is 1. The maximum absolute atomic E-state index is 10.4. The molecule has 5 heteroatoms. The zero-order valence-corrected chi connectivity index (χ0v) is 15.5. The van der Waals surface area contributed by atoms with Crippen molar-refractivity contribution >= 4 is 14.6 Å². The van der Waals surface area contributed by atoms with Crippen molar-refractivity contribution in [3.05, 3.63) is 0 Å². The van der Waals surface area contributed by atoms with E-state index in [0.717, 1.165) is 25.5 Å². The number of hydrogen-bond donors (Lipinski definition) is 0. The van der Waals surface area contributed by atoms with E-state index < -0.39 is 8.32 Å². The van der Waals surface area contributed by atoms with E-state index in [2.05, 4.69) is 40.8 Å². The molecule has 0 N–H and O–H groups in total. The van der Waals surface area contributed by atoms with Crippen LogP contribution in [0.25, 0.3) is 0 Å². The summed E-state index contributed by atoms with van der Waals surface area (Å²) in [7, 11) is -1.83. The molecule has 1 fully saturated rings. The first kappa shape index (κ1) is 18.8. The maximum Gasteiger partial charge on any atom is 0.192 e. The van der Waals surface area contributed by atoms with E-state index in [4.69, 9.17) is 13.9 Å². The molecular weight excluding hydrogens is 284 g/mol. The summed E-state index contributed by atoms with van der Waals surface area (Å²) in [5.74, 6) is 0. The lowest BCUT2D eigenvalue weighted by atomic mass is 10.1. The molecule has 0 amide bonds. The normalized spacial score (nSPS) is 27.6. The van der Waals surface area contributed by atoms with Gasteiger partial charge in [0.25, 0.3) is 0 Å². The van der Waals surface area contributed by atoms with Gasteiger partial charge in [-0.2, -0.15) is 0 Å². The molecule has 1 heterocycles. The van der Waals surface area contributed by atoms with Gasteiger partial charge in [-0.05, 0) is 44.3 Å². The molecule has 0 aromatic rings. The van der Waals surface area contributed by atoms with Gasteiger partial charge in [-0.1, -0.05) is 20.8 Å². The third kappa shape index (κ3) is 5.81. The lowest BCUT2D eigenvalue weighted by Crippen LogP contribution is -2.50. The average Bonchev–Trinajstić information content (AvgIpc) is 2.36. The van der Waals surface area contributed by atoms with Gasteiger partial charge in [0.05, 0.1) is 18.8 Å². The number of aldehydes is 1. The van der Waals surface area contributed by atoms with Crippen LogP contribution in [0.2, 0.25) is 18.1 Å². The third-order valence-electron chi connectivity index (χ3n) is 4.53. The number of rotatable bonds is 7. The summed E-state index contributed by atoms with van der Waals surface area (Å²) in [5.41, 5.74) is 0. The smallest absolute Gasteiger partial charge is 0.192 e. The lowest BCUT2D eigenvalue weighted by molar-refractivity contribution is -0.232. The summed E-state index contributed by atoms with van der Waals surface area (Å²) < 4.78 is 18.2. The largest absolute Gasteiger partial charge is 0.409 e. The molecule has 1 rings (SSSR count). The fraction of sp³-hybridized carbons (Fsp3) is 0.938. The SMILES string of the molecule is C[C@H]1CC[C@H](O[Si](C)(C)C(C)(C)C)[C@@H](OCCCC=O)O1. The fourth-order valence-electron chi connectivity index (χ4n) is 2.10. The highest BCUT2D eigenvalue weighted by molar-refractivity contribution is 6.74. The minimum absolute atomic E-state index is 0.0123. The first-order chi connectivity index (χ1) is 9.67. The molecule has 0 aromatic heterocycles. The van der Waals surface area contributed by atoms with Crippen LogP contribution in [-0.2, 0) is 18.7 Å². The van der Waals surface area contributed by atoms with Gasteiger partial charge < -0.3 is 18.7 Å². The van der Waals surface area contributed by atoms with E-state index in [0.29, 0.717) is 13.0 Å². The van der Waals surface area contributed by atoms with E-state index in [1.807, 2.05) is 0 Å². The van der Waals surface area contributed by atoms with Crippen LogP contribution >= 0.6 is 0 Å². The van der Waals surface area contributed by atoms with Crippen molar-refractivity contribution in [2.45, 2.75) is 90.0 Å². The number of unbranched alkanes of at least 4 members (excludes halogenated alkanes) is 1. The molecule has 0 unspecified atom stereocenters. The fourth-order valence-corrected chi connectivity index (χ4v) is 3.44. The first-order valence-electron chi connectivity index (χ1n) is 8.06. The minimum Gasteiger partial charge on any atom is -0.409 e. The van der Waals surface area contributed by atoms with Crippen LogP contribution in [0.3, 0.4) is 0 Å². The van der Waals surface area contributed by atoms with Gasteiger partial charge in [-0.25, -0.2) is 0 Å². The number of ether oxygens (including phenoxy) is 2. The quantitative estimate of drug-likeness (QED) is 0.406. The molecular formula is C16H32O4Si. The summed E-state index contributed by atoms with van der Waals surface area (Å²) in [6, 6.07) is 0. The van der Waals surface area contributed by atoms with Crippen LogP contribution < -0.4 is 0 Å². The summed E-state index contributed by atoms with van der Waals surface area (Å²) in [4.78, 5) is 10.4.